The molecule has 52 heavy (non-hydrogen) atoms. The molecule has 1 amide bonds. The van der Waals surface area contributed by atoms with Gasteiger partial charge >= 0.3 is 47.1 Å². The number of carbonyl (C=O) groups excluding carboxylic acids is 6. The lowest BCUT2D eigenvalue weighted by Crippen LogP contribution is -2.49. The van der Waals surface area contributed by atoms with Gasteiger partial charge in [0.25, 0.3) is 0 Å². The van der Waals surface area contributed by atoms with Gasteiger partial charge in [-0.1, -0.05) is 26.3 Å². The van der Waals surface area contributed by atoms with Crippen molar-refractivity contribution in [3.63, 3.8) is 0 Å². The summed E-state index contributed by atoms with van der Waals surface area (Å²) in [6.07, 6.45) is -0.949. The third-order valence-corrected chi connectivity index (χ3v) is 11.0. The van der Waals surface area contributed by atoms with Crippen molar-refractivity contribution in [1.29, 1.82) is 0 Å². The molecule has 0 unspecified atom stereocenters. The topological polar surface area (TPSA) is 230 Å². The zero-order chi connectivity index (χ0) is 41.1. The normalized spacial score (nSPS) is 10.5. The Kier molecular flexibility index (Phi) is 28.4. The first kappa shape index (κ1) is 52.1. The Morgan fingerprint density at radius 3 is 1.27 bits per heavy atom. The predicted octanol–water partition coefficient (Wildman–Crippen LogP) is 2.04. The summed E-state index contributed by atoms with van der Waals surface area (Å²) in [7, 11) is 1.41. The van der Waals surface area contributed by atoms with E-state index in [2.05, 4.69) is 46.1 Å². The molecular weight excluding hydrogens is 725 g/mol. The summed E-state index contributed by atoms with van der Waals surface area (Å²) in [6, 6.07) is 0. The Labute approximate surface area is 307 Å². The van der Waals surface area contributed by atoms with E-state index in [4.69, 9.17) is 31.9 Å². The van der Waals surface area contributed by atoms with Crippen LogP contribution < -0.4 is 5.32 Å². The fourth-order valence-electron chi connectivity index (χ4n) is 2.38. The van der Waals surface area contributed by atoms with E-state index in [1.54, 1.807) is 20.8 Å². The van der Waals surface area contributed by atoms with Crippen LogP contribution in [0.2, 0.25) is 13.1 Å². The van der Waals surface area contributed by atoms with E-state index < -0.39 is 59.3 Å². The Morgan fingerprint density at radius 1 is 0.654 bits per heavy atom. The molecule has 2 N–H and O–H groups in total. The molecule has 0 saturated heterocycles. The number of hydrogen-bond acceptors (Lipinski definition) is 17. The van der Waals surface area contributed by atoms with Crippen molar-refractivity contribution in [3.8, 4) is 0 Å². The van der Waals surface area contributed by atoms with E-state index in [1.165, 1.54) is 48.0 Å². The number of amides is 1. The second-order valence-corrected chi connectivity index (χ2v) is 17.9. The number of nitrogens with zero attached hydrogens (tertiary/aromatic N) is 1. The second-order valence-electron chi connectivity index (χ2n) is 11.0. The van der Waals surface area contributed by atoms with E-state index >= 15 is 0 Å². The lowest BCUT2D eigenvalue weighted by Gasteiger charge is -2.24. The molecule has 0 aliphatic heterocycles. The van der Waals surface area contributed by atoms with Crippen LogP contribution in [0.15, 0.2) is 53.6 Å². The summed E-state index contributed by atoms with van der Waals surface area (Å²) < 4.78 is 44.9. The van der Waals surface area contributed by atoms with Crippen LogP contribution in [0, 0.1) is 0 Å². The van der Waals surface area contributed by atoms with Crippen LogP contribution >= 0.6 is 0 Å². The van der Waals surface area contributed by atoms with Crippen LogP contribution in [0.25, 0.3) is 0 Å². The van der Waals surface area contributed by atoms with E-state index in [1.807, 2.05) is 6.55 Å². The minimum absolute atomic E-state index is 0.142. The molecule has 0 aromatic heterocycles. The number of ether oxygens (including phenoxy) is 5. The third-order valence-electron chi connectivity index (χ3n) is 5.99. The van der Waals surface area contributed by atoms with E-state index in [-0.39, 0.29) is 54.9 Å². The van der Waals surface area contributed by atoms with Crippen molar-refractivity contribution >= 4 is 53.2 Å². The first-order valence-corrected chi connectivity index (χ1v) is 20.3. The van der Waals surface area contributed by atoms with Crippen molar-refractivity contribution in [2.24, 2.45) is 4.99 Å². The van der Waals surface area contributed by atoms with Crippen molar-refractivity contribution in [2.75, 3.05) is 67.2 Å². The van der Waals surface area contributed by atoms with E-state index in [0.29, 0.717) is 6.17 Å². The minimum Gasteiger partial charge on any atom is -0.459 e. The lowest BCUT2D eigenvalue weighted by molar-refractivity contribution is -0.149. The highest BCUT2D eigenvalue weighted by molar-refractivity contribution is 6.66. The van der Waals surface area contributed by atoms with Gasteiger partial charge in [0.1, 0.15) is 32.5 Å². The molecule has 0 bridgehead atoms. The molecule has 0 heterocycles. The van der Waals surface area contributed by atoms with Crippen LogP contribution in [0.1, 0.15) is 27.7 Å². The number of rotatable bonds is 21. The first-order chi connectivity index (χ1) is 24.1. The number of alkyl carbamates (subject to hydrolysis) is 1. The number of carbonyl (C=O) groups is 5. The monoisotopic (exact) mass is 778 g/mol. The van der Waals surface area contributed by atoms with Crippen molar-refractivity contribution < 1.29 is 75.3 Å². The summed E-state index contributed by atoms with van der Waals surface area (Å²) in [5, 5.41) is 11.8. The first-order valence-electron chi connectivity index (χ1n) is 15.2. The summed E-state index contributed by atoms with van der Waals surface area (Å²) in [4.78, 5) is 69.9. The number of esters is 4. The van der Waals surface area contributed by atoms with Gasteiger partial charge in [0.2, 0.25) is 6.08 Å². The Morgan fingerprint density at radius 2 is 0.981 bits per heavy atom. The smallest absolute Gasteiger partial charge is 0.407 e. The minimum atomic E-state index is -2.52. The van der Waals surface area contributed by atoms with Gasteiger partial charge < -0.3 is 51.8 Å². The summed E-state index contributed by atoms with van der Waals surface area (Å²) >= 11 is 0. The van der Waals surface area contributed by atoms with Gasteiger partial charge in [0.05, 0.1) is 12.3 Å². The fraction of sp³-hybridized carbons (Fsp3) is 0.562. The lowest BCUT2D eigenvalue weighted by atomic mass is 10.3. The molecule has 0 rings (SSSR count). The van der Waals surface area contributed by atoms with E-state index in [0.717, 1.165) is 0 Å². The second kappa shape index (κ2) is 28.3. The summed E-state index contributed by atoms with van der Waals surface area (Å²) in [5.41, 5.74) is 0.862. The van der Waals surface area contributed by atoms with Gasteiger partial charge in [0.15, 0.2) is 6.10 Å². The Hall–Kier alpha value is -4.28. The molecule has 0 aliphatic carbocycles. The molecule has 0 atom stereocenters. The maximum atomic E-state index is 12.0. The molecule has 0 fully saturated rings. The van der Waals surface area contributed by atoms with Crippen molar-refractivity contribution in [2.45, 2.75) is 53.0 Å². The molecule has 0 aromatic rings. The highest BCUT2D eigenvalue weighted by Gasteiger charge is 2.30. The summed E-state index contributed by atoms with van der Waals surface area (Å²) in [6.45, 7) is 22.1. The maximum Gasteiger partial charge on any atom is 0.407 e. The molecule has 296 valence electrons. The van der Waals surface area contributed by atoms with Crippen molar-refractivity contribution in [3.05, 3.63) is 48.6 Å². The van der Waals surface area contributed by atoms with Crippen molar-refractivity contribution in [1.82, 2.24) is 5.32 Å². The van der Waals surface area contributed by atoms with Crippen LogP contribution in [-0.2, 0) is 65.4 Å². The number of hydrogen-bond donors (Lipinski definition) is 2. The number of nitrogens with one attached hydrogen (secondary N) is 1. The van der Waals surface area contributed by atoms with Gasteiger partial charge in [-0.15, -0.1) is 0 Å². The van der Waals surface area contributed by atoms with Gasteiger partial charge in [0, 0.05) is 50.7 Å². The van der Waals surface area contributed by atoms with Gasteiger partial charge in [-0.3, -0.25) is 0 Å². The summed E-state index contributed by atoms with van der Waals surface area (Å²) in [5.74, 6) is -2.48. The zero-order valence-electron chi connectivity index (χ0n) is 31.7. The molecule has 0 aliphatic rings. The highest BCUT2D eigenvalue weighted by atomic mass is 28.4. The predicted molar refractivity (Wildman–Crippen MR) is 192 cm³/mol. The van der Waals surface area contributed by atoms with Crippen LogP contribution in [0.4, 0.5) is 4.79 Å². The Balaban J connectivity index is -0.000000780. The molecule has 0 spiro atoms. The Bertz CT molecular complexity index is 1210. The number of aliphatic hydroxyl groups excluding tert-OH is 1. The number of aliphatic imine (C=N–C) groups is 1. The molecule has 0 saturated carbocycles. The fourth-order valence-corrected chi connectivity index (χ4v) is 4.08. The average molecular weight is 779 g/mol. The molecule has 18 nitrogen and oxygen atoms in total. The average Bonchev–Trinajstić information content (AvgIpc) is 3.11. The quantitative estimate of drug-likeness (QED) is 0.0424. The van der Waals surface area contributed by atoms with Crippen LogP contribution in [0.5, 0.6) is 0 Å². The molecule has 20 heteroatoms. The number of aliphatic hydroxyl groups is 1. The van der Waals surface area contributed by atoms with Crippen LogP contribution in [0.3, 0.4) is 0 Å². The molecular formula is C32H54N2O16Si2. The molecule has 0 radical (unpaired) electrons. The zero-order valence-corrected chi connectivity index (χ0v) is 33.7. The van der Waals surface area contributed by atoms with Gasteiger partial charge in [-0.05, 0) is 40.8 Å². The van der Waals surface area contributed by atoms with Gasteiger partial charge in [-0.25, -0.2) is 33.8 Å². The van der Waals surface area contributed by atoms with Crippen LogP contribution in [-0.4, -0.2) is 138 Å². The molecule has 0 aromatic carbocycles. The maximum absolute atomic E-state index is 12.0. The van der Waals surface area contributed by atoms with E-state index in [9.17, 15) is 33.9 Å². The largest absolute Gasteiger partial charge is 0.459 e. The SMILES string of the molecule is C=C(C)C(=O)OCC(COC(=O)C(=C)C)OC(=O)NC[Si](C)(OC)OC.C=C(C)C(=O)OCC(O)COC(=O)C(=C)C.CO[Si](C)(CN=C=O)OC. The third kappa shape index (κ3) is 26.5. The standard InChI is InChI=1S/C16H27NO8Si.C11H16O5.C5H11NO3Si/c1-11(2)14(18)23-8-13(9-24-15(19)12(3)4)25-16(20)17-10-26(7,21-5)22-6;1-7(2)10(13)15-5-9(12)6-16-11(14)8(3)4;1-8-10(3,9-2)5-6-4-7/h13H,1,3,8-10H2,2,4-7H3,(H,17,20);9,12H,1,3,5-6H2,2,4H3;5H2,1-3H3. The van der Waals surface area contributed by atoms with Gasteiger partial charge in [-0.2, -0.15) is 0 Å². The number of isocyanates is 1. The highest BCUT2D eigenvalue weighted by Crippen LogP contribution is 2.05.